The Labute approximate surface area is 80.9 Å². The third-order valence-electron chi connectivity index (χ3n) is 1.36. The molecule has 0 rings (SSSR count). The molecule has 0 saturated heterocycles. The summed E-state index contributed by atoms with van der Waals surface area (Å²) in [5, 5.41) is 0. The molecule has 0 unspecified atom stereocenters. The first-order valence-electron chi connectivity index (χ1n) is 4.24. The van der Waals surface area contributed by atoms with E-state index in [1.54, 1.807) is 12.3 Å². The Bertz CT molecular complexity index is 273. The molecule has 0 aliphatic rings. The van der Waals surface area contributed by atoms with Gasteiger partial charge in [-0.25, -0.2) is 0 Å². The predicted molar refractivity (Wildman–Crippen MR) is 61.0 cm³/mol. The van der Waals surface area contributed by atoms with Crippen LogP contribution >= 0.6 is 0 Å². The van der Waals surface area contributed by atoms with Crippen molar-refractivity contribution in [3.05, 3.63) is 48.2 Å². The fourth-order valence-corrected chi connectivity index (χ4v) is 0.693. The van der Waals surface area contributed by atoms with Crippen LogP contribution in [0.25, 0.3) is 0 Å². The highest BCUT2D eigenvalue weighted by Crippen LogP contribution is 2.07. The quantitative estimate of drug-likeness (QED) is 0.456. The summed E-state index contributed by atoms with van der Waals surface area (Å²) in [6.45, 7) is 13.4. The van der Waals surface area contributed by atoms with E-state index in [2.05, 4.69) is 18.2 Å². The van der Waals surface area contributed by atoms with Crippen LogP contribution in [0.5, 0.6) is 0 Å². The standard InChI is InChI=1S/C12H17N/c1-6-9-13-12(11(4)5)8-7-10(2)3/h6-9H,1-2H2,3-5H3/b8-7-,13-9?. The monoisotopic (exact) mass is 175 g/mol. The average Bonchev–Trinajstić information content (AvgIpc) is 2.03. The van der Waals surface area contributed by atoms with Crippen molar-refractivity contribution in [2.75, 3.05) is 0 Å². The molecule has 0 N–H and O–H groups in total. The first-order chi connectivity index (χ1) is 6.07. The minimum Gasteiger partial charge on any atom is -0.257 e. The van der Waals surface area contributed by atoms with Gasteiger partial charge < -0.3 is 0 Å². The van der Waals surface area contributed by atoms with Gasteiger partial charge in [0, 0.05) is 6.21 Å². The molecule has 70 valence electrons. The second-order valence-electron chi connectivity index (χ2n) is 3.08. The van der Waals surface area contributed by atoms with E-state index < -0.39 is 0 Å². The van der Waals surface area contributed by atoms with E-state index in [0.29, 0.717) is 0 Å². The molecule has 0 heterocycles. The van der Waals surface area contributed by atoms with Gasteiger partial charge in [0.05, 0.1) is 5.70 Å². The van der Waals surface area contributed by atoms with Gasteiger partial charge in [-0.2, -0.15) is 0 Å². The summed E-state index contributed by atoms with van der Waals surface area (Å²) in [5.41, 5.74) is 3.16. The first-order valence-corrected chi connectivity index (χ1v) is 4.24. The van der Waals surface area contributed by atoms with Gasteiger partial charge in [-0.3, -0.25) is 4.99 Å². The number of hydrogen-bond donors (Lipinski definition) is 0. The second kappa shape index (κ2) is 6.18. The van der Waals surface area contributed by atoms with Crippen molar-refractivity contribution >= 4 is 6.21 Å². The normalized spacial score (nSPS) is 10.7. The van der Waals surface area contributed by atoms with Crippen molar-refractivity contribution in [3.63, 3.8) is 0 Å². The summed E-state index contributed by atoms with van der Waals surface area (Å²) < 4.78 is 0. The molecule has 0 aromatic heterocycles. The van der Waals surface area contributed by atoms with Crippen molar-refractivity contribution in [2.45, 2.75) is 20.8 Å². The van der Waals surface area contributed by atoms with Gasteiger partial charge in [0.2, 0.25) is 0 Å². The van der Waals surface area contributed by atoms with Crippen LogP contribution in [0, 0.1) is 0 Å². The van der Waals surface area contributed by atoms with Crippen LogP contribution in [0.1, 0.15) is 20.8 Å². The lowest BCUT2D eigenvalue weighted by Crippen LogP contribution is -1.78. The number of hydrogen-bond acceptors (Lipinski definition) is 1. The fraction of sp³-hybridized carbons (Fsp3) is 0.250. The Morgan fingerprint density at radius 3 is 2.15 bits per heavy atom. The maximum atomic E-state index is 4.22. The van der Waals surface area contributed by atoms with Gasteiger partial charge in [-0.05, 0) is 26.8 Å². The van der Waals surface area contributed by atoms with Crippen LogP contribution in [0.3, 0.4) is 0 Å². The minimum absolute atomic E-state index is 0.961. The number of nitrogens with zero attached hydrogens (tertiary/aromatic N) is 1. The molecule has 0 aromatic carbocycles. The Morgan fingerprint density at radius 1 is 1.15 bits per heavy atom. The molecular formula is C12H17N. The lowest BCUT2D eigenvalue weighted by molar-refractivity contribution is 1.25. The van der Waals surface area contributed by atoms with Crippen molar-refractivity contribution < 1.29 is 0 Å². The predicted octanol–water partition coefficient (Wildman–Crippen LogP) is 3.67. The molecule has 13 heavy (non-hydrogen) atoms. The van der Waals surface area contributed by atoms with Crippen LogP contribution in [-0.2, 0) is 0 Å². The minimum atomic E-state index is 0.961. The topological polar surface area (TPSA) is 12.4 Å². The van der Waals surface area contributed by atoms with E-state index >= 15 is 0 Å². The second-order valence-corrected chi connectivity index (χ2v) is 3.08. The van der Waals surface area contributed by atoms with E-state index in [0.717, 1.165) is 11.3 Å². The zero-order valence-corrected chi connectivity index (χ0v) is 8.67. The van der Waals surface area contributed by atoms with Crippen molar-refractivity contribution in [1.29, 1.82) is 0 Å². The van der Waals surface area contributed by atoms with Gasteiger partial charge in [0.25, 0.3) is 0 Å². The smallest absolute Gasteiger partial charge is 0.0616 e. The van der Waals surface area contributed by atoms with Crippen molar-refractivity contribution in [3.8, 4) is 0 Å². The average molecular weight is 175 g/mol. The maximum absolute atomic E-state index is 4.22. The third-order valence-corrected chi connectivity index (χ3v) is 1.36. The molecule has 0 amide bonds. The highest BCUT2D eigenvalue weighted by molar-refractivity contribution is 5.71. The van der Waals surface area contributed by atoms with E-state index in [9.17, 15) is 0 Å². The van der Waals surface area contributed by atoms with Crippen LogP contribution in [0.2, 0.25) is 0 Å². The molecule has 1 nitrogen and oxygen atoms in total. The molecule has 0 spiro atoms. The summed E-state index contributed by atoms with van der Waals surface area (Å²) in [6.07, 6.45) is 7.25. The van der Waals surface area contributed by atoms with Crippen LogP contribution in [0.4, 0.5) is 0 Å². The van der Waals surface area contributed by atoms with Crippen LogP contribution in [-0.4, -0.2) is 6.21 Å². The van der Waals surface area contributed by atoms with Gasteiger partial charge in [-0.15, -0.1) is 0 Å². The Morgan fingerprint density at radius 2 is 1.77 bits per heavy atom. The summed E-state index contributed by atoms with van der Waals surface area (Å²) in [5.74, 6) is 0. The molecule has 0 aromatic rings. The summed E-state index contributed by atoms with van der Waals surface area (Å²) in [6, 6.07) is 0. The lowest BCUT2D eigenvalue weighted by Gasteiger charge is -1.96. The fourth-order valence-electron chi connectivity index (χ4n) is 0.693. The van der Waals surface area contributed by atoms with Gasteiger partial charge in [0.15, 0.2) is 0 Å². The molecule has 0 radical (unpaired) electrons. The Balaban J connectivity index is 4.66. The largest absolute Gasteiger partial charge is 0.257 e. The molecule has 0 aliphatic heterocycles. The van der Waals surface area contributed by atoms with Crippen LogP contribution < -0.4 is 0 Å². The van der Waals surface area contributed by atoms with Crippen molar-refractivity contribution in [2.24, 2.45) is 4.99 Å². The van der Waals surface area contributed by atoms with E-state index in [1.165, 1.54) is 5.57 Å². The molecule has 0 saturated carbocycles. The number of rotatable bonds is 4. The summed E-state index contributed by atoms with van der Waals surface area (Å²) in [4.78, 5) is 4.22. The zero-order valence-electron chi connectivity index (χ0n) is 8.67. The maximum Gasteiger partial charge on any atom is 0.0616 e. The third kappa shape index (κ3) is 5.85. The summed E-state index contributed by atoms with van der Waals surface area (Å²) in [7, 11) is 0. The highest BCUT2D eigenvalue weighted by atomic mass is 14.7. The lowest BCUT2D eigenvalue weighted by atomic mass is 10.2. The highest BCUT2D eigenvalue weighted by Gasteiger charge is 1.89. The number of aliphatic imine (C=N–C) groups is 1. The van der Waals surface area contributed by atoms with Crippen LogP contribution in [0.15, 0.2) is 53.2 Å². The van der Waals surface area contributed by atoms with E-state index in [4.69, 9.17) is 0 Å². The molecule has 0 bridgehead atoms. The molecule has 0 aliphatic carbocycles. The van der Waals surface area contributed by atoms with Crippen molar-refractivity contribution in [1.82, 2.24) is 0 Å². The van der Waals surface area contributed by atoms with E-state index in [1.807, 2.05) is 32.9 Å². The molecule has 0 atom stereocenters. The van der Waals surface area contributed by atoms with Gasteiger partial charge in [0.1, 0.15) is 0 Å². The van der Waals surface area contributed by atoms with Gasteiger partial charge >= 0.3 is 0 Å². The SMILES string of the molecule is C=CC=NC(/C=C\C(=C)C)=C(C)C. The summed E-state index contributed by atoms with van der Waals surface area (Å²) >= 11 is 0. The van der Waals surface area contributed by atoms with E-state index in [-0.39, 0.29) is 0 Å². The number of allylic oxidation sites excluding steroid dienone is 5. The molecule has 1 heteroatoms. The first kappa shape index (κ1) is 11.6. The zero-order chi connectivity index (χ0) is 10.3. The molecule has 0 fully saturated rings. The Hall–Kier alpha value is -1.37. The van der Waals surface area contributed by atoms with Gasteiger partial charge in [-0.1, -0.05) is 36.5 Å². The molecular weight excluding hydrogens is 158 g/mol. The Kier molecular flexibility index (Phi) is 5.53.